The Bertz CT molecular complexity index is 715. The van der Waals surface area contributed by atoms with Gasteiger partial charge in [0, 0.05) is 12.1 Å². The summed E-state index contributed by atoms with van der Waals surface area (Å²) >= 11 is 0. The number of aryl methyl sites for hydroxylation is 2. The van der Waals surface area contributed by atoms with Crippen molar-refractivity contribution < 1.29 is 14.3 Å². The van der Waals surface area contributed by atoms with E-state index in [1.54, 1.807) is 6.92 Å². The second-order valence-corrected chi connectivity index (χ2v) is 6.38. The molecule has 2 rings (SSSR count). The second kappa shape index (κ2) is 11.2. The molecule has 1 atom stereocenters. The number of aliphatic imine (C=N–C) groups is 1. The average molecular weight is 487 g/mol. The number of rotatable bonds is 8. The predicted octanol–water partition coefficient (Wildman–Crippen LogP) is 3.36. The highest BCUT2D eigenvalue weighted by molar-refractivity contribution is 14.0. The van der Waals surface area contributed by atoms with Gasteiger partial charge in [0.1, 0.15) is 29.5 Å². The first-order valence-corrected chi connectivity index (χ1v) is 8.92. The van der Waals surface area contributed by atoms with Crippen molar-refractivity contribution in [2.75, 3.05) is 26.2 Å². The number of para-hydroxylation sites is 1. The summed E-state index contributed by atoms with van der Waals surface area (Å²) in [5.41, 5.74) is -0.327. The van der Waals surface area contributed by atoms with E-state index in [0.29, 0.717) is 19.1 Å². The van der Waals surface area contributed by atoms with E-state index in [-0.39, 0.29) is 30.5 Å². The third-order valence-electron chi connectivity index (χ3n) is 3.92. The van der Waals surface area contributed by atoms with E-state index in [4.69, 9.17) is 9.15 Å². The minimum Gasteiger partial charge on any atom is -0.492 e. The molecule has 0 aliphatic carbocycles. The van der Waals surface area contributed by atoms with Crippen molar-refractivity contribution in [3.05, 3.63) is 53.5 Å². The van der Waals surface area contributed by atoms with Crippen LogP contribution in [0.4, 0.5) is 0 Å². The van der Waals surface area contributed by atoms with Gasteiger partial charge in [-0.1, -0.05) is 18.2 Å². The van der Waals surface area contributed by atoms with Gasteiger partial charge in [0.05, 0.1) is 13.1 Å². The first-order valence-electron chi connectivity index (χ1n) is 8.92. The van der Waals surface area contributed by atoms with Gasteiger partial charge in [-0.25, -0.2) is 4.99 Å². The summed E-state index contributed by atoms with van der Waals surface area (Å²) in [6.45, 7) is 9.55. The molecule has 1 heterocycles. The van der Waals surface area contributed by atoms with E-state index < -0.39 is 5.60 Å². The van der Waals surface area contributed by atoms with Crippen molar-refractivity contribution in [1.82, 2.24) is 10.6 Å². The maximum Gasteiger partial charge on any atom is 0.191 e. The molecule has 0 fully saturated rings. The maximum atomic E-state index is 10.8. The van der Waals surface area contributed by atoms with Crippen molar-refractivity contribution in [2.45, 2.75) is 33.3 Å². The smallest absolute Gasteiger partial charge is 0.191 e. The summed E-state index contributed by atoms with van der Waals surface area (Å²) < 4.78 is 11.2. The number of hydrogen-bond donors (Lipinski definition) is 3. The normalized spacial score (nSPS) is 13.4. The van der Waals surface area contributed by atoms with E-state index in [0.717, 1.165) is 29.4 Å². The second-order valence-electron chi connectivity index (χ2n) is 6.38. The van der Waals surface area contributed by atoms with Crippen molar-refractivity contribution in [3.8, 4) is 5.75 Å². The Morgan fingerprint density at radius 1 is 1.22 bits per heavy atom. The van der Waals surface area contributed by atoms with Gasteiger partial charge in [-0.2, -0.15) is 0 Å². The minimum atomic E-state index is -1.09. The molecule has 1 aromatic heterocycles. The van der Waals surface area contributed by atoms with Crippen LogP contribution in [-0.4, -0.2) is 37.3 Å². The van der Waals surface area contributed by atoms with E-state index in [1.165, 1.54) is 0 Å². The number of ether oxygens (including phenoxy) is 1. The van der Waals surface area contributed by atoms with Gasteiger partial charge in [0.15, 0.2) is 5.96 Å². The van der Waals surface area contributed by atoms with Crippen molar-refractivity contribution in [1.29, 1.82) is 0 Å². The molecule has 2 aromatic rings. The Labute approximate surface area is 178 Å². The predicted molar refractivity (Wildman–Crippen MR) is 119 cm³/mol. The summed E-state index contributed by atoms with van der Waals surface area (Å²) in [4.78, 5) is 4.50. The van der Waals surface area contributed by atoms with E-state index >= 15 is 0 Å². The maximum absolute atomic E-state index is 10.8. The molecule has 1 unspecified atom stereocenters. The van der Waals surface area contributed by atoms with Gasteiger partial charge in [0.25, 0.3) is 0 Å². The molecular weight excluding hydrogens is 457 g/mol. The first-order chi connectivity index (χ1) is 12.4. The van der Waals surface area contributed by atoms with Crippen LogP contribution >= 0.6 is 24.0 Å². The van der Waals surface area contributed by atoms with E-state index in [2.05, 4.69) is 15.6 Å². The Kier molecular flexibility index (Phi) is 9.65. The lowest BCUT2D eigenvalue weighted by atomic mass is 9.96. The molecule has 0 spiro atoms. The molecule has 3 N–H and O–H groups in total. The van der Waals surface area contributed by atoms with Gasteiger partial charge in [-0.3, -0.25) is 0 Å². The summed E-state index contributed by atoms with van der Waals surface area (Å²) in [5.74, 6) is 2.98. The molecule has 1 aromatic carbocycles. The van der Waals surface area contributed by atoms with E-state index in [1.807, 2.05) is 57.2 Å². The monoisotopic (exact) mass is 487 g/mol. The molecule has 0 saturated carbocycles. The lowest BCUT2D eigenvalue weighted by Crippen LogP contribution is -2.40. The fourth-order valence-electron chi connectivity index (χ4n) is 2.68. The number of hydrogen-bond acceptors (Lipinski definition) is 4. The highest BCUT2D eigenvalue weighted by atomic mass is 127. The van der Waals surface area contributed by atoms with Crippen LogP contribution in [0, 0.1) is 13.8 Å². The quantitative estimate of drug-likeness (QED) is 0.231. The van der Waals surface area contributed by atoms with Crippen molar-refractivity contribution in [3.63, 3.8) is 0 Å². The lowest BCUT2D eigenvalue weighted by molar-refractivity contribution is 0.0657. The lowest BCUT2D eigenvalue weighted by Gasteiger charge is -2.21. The van der Waals surface area contributed by atoms with Gasteiger partial charge in [-0.15, -0.1) is 24.0 Å². The number of furan rings is 1. The third kappa shape index (κ3) is 7.42. The molecule has 27 heavy (non-hydrogen) atoms. The SMILES string of the molecule is CCNC(=NCC(C)(O)c1cc(C)oc1C)NCCOc1ccccc1.I. The largest absolute Gasteiger partial charge is 0.492 e. The summed E-state index contributed by atoms with van der Waals surface area (Å²) in [6, 6.07) is 11.5. The average Bonchev–Trinajstić information content (AvgIpc) is 2.96. The molecule has 7 heteroatoms. The number of halogens is 1. The number of aliphatic hydroxyl groups is 1. The molecule has 0 bridgehead atoms. The third-order valence-corrected chi connectivity index (χ3v) is 3.92. The van der Waals surface area contributed by atoms with Crippen LogP contribution in [0.5, 0.6) is 5.75 Å². The van der Waals surface area contributed by atoms with Crippen LogP contribution in [0.25, 0.3) is 0 Å². The molecule has 0 radical (unpaired) electrons. The van der Waals surface area contributed by atoms with Crippen molar-refractivity contribution >= 4 is 29.9 Å². The van der Waals surface area contributed by atoms with Crippen LogP contribution in [-0.2, 0) is 5.60 Å². The summed E-state index contributed by atoms with van der Waals surface area (Å²) in [5, 5.41) is 17.2. The van der Waals surface area contributed by atoms with Crippen LogP contribution in [0.1, 0.15) is 30.9 Å². The fourth-order valence-corrected chi connectivity index (χ4v) is 2.68. The molecule has 0 aliphatic rings. The van der Waals surface area contributed by atoms with Crippen LogP contribution in [0.15, 0.2) is 45.8 Å². The van der Waals surface area contributed by atoms with Gasteiger partial charge < -0.3 is 24.9 Å². The molecule has 150 valence electrons. The molecule has 0 aliphatic heterocycles. The summed E-state index contributed by atoms with van der Waals surface area (Å²) in [7, 11) is 0. The number of nitrogens with zero attached hydrogens (tertiary/aromatic N) is 1. The molecule has 0 amide bonds. The Hall–Kier alpha value is -1.74. The molecule has 0 saturated heterocycles. The first kappa shape index (κ1) is 23.3. The fraction of sp³-hybridized carbons (Fsp3) is 0.450. The van der Waals surface area contributed by atoms with Gasteiger partial charge in [0.2, 0.25) is 0 Å². The molecular formula is C20H30IN3O3. The Morgan fingerprint density at radius 2 is 1.93 bits per heavy atom. The minimum absolute atomic E-state index is 0. The standard InChI is InChI=1S/C20H29N3O3.HI/c1-5-21-19(22-11-12-25-17-9-7-6-8-10-17)23-14-20(4,24)18-13-15(2)26-16(18)3;/h6-10,13,24H,5,11-12,14H2,1-4H3,(H2,21,22,23);1H. The van der Waals surface area contributed by atoms with Crippen molar-refractivity contribution in [2.24, 2.45) is 4.99 Å². The highest BCUT2D eigenvalue weighted by Crippen LogP contribution is 2.27. The van der Waals surface area contributed by atoms with Crippen LogP contribution in [0.3, 0.4) is 0 Å². The van der Waals surface area contributed by atoms with Crippen LogP contribution in [0.2, 0.25) is 0 Å². The zero-order valence-electron chi connectivity index (χ0n) is 16.4. The number of benzene rings is 1. The molecule has 6 nitrogen and oxygen atoms in total. The van der Waals surface area contributed by atoms with Gasteiger partial charge in [-0.05, 0) is 45.9 Å². The summed E-state index contributed by atoms with van der Waals surface area (Å²) in [6.07, 6.45) is 0. The van der Waals surface area contributed by atoms with E-state index in [9.17, 15) is 5.11 Å². The van der Waals surface area contributed by atoms with Gasteiger partial charge >= 0.3 is 0 Å². The highest BCUT2D eigenvalue weighted by Gasteiger charge is 2.27. The Balaban J connectivity index is 0.00000364. The van der Waals surface area contributed by atoms with Crippen LogP contribution < -0.4 is 15.4 Å². The number of guanidine groups is 1. The Morgan fingerprint density at radius 3 is 2.52 bits per heavy atom. The zero-order valence-corrected chi connectivity index (χ0v) is 18.7. The topological polar surface area (TPSA) is 79.0 Å². The zero-order chi connectivity index (χ0) is 19.0. The number of nitrogens with one attached hydrogen (secondary N) is 2.